The summed E-state index contributed by atoms with van der Waals surface area (Å²) in [5.74, 6) is 2.19. The van der Waals surface area contributed by atoms with Crippen LogP contribution in [-0.2, 0) is 4.79 Å². The molecule has 17 heavy (non-hydrogen) atoms. The fourth-order valence-corrected chi connectivity index (χ4v) is 3.41. The van der Waals surface area contributed by atoms with Crippen molar-refractivity contribution in [3.05, 3.63) is 0 Å². The molecule has 2 rings (SSSR count). The summed E-state index contributed by atoms with van der Waals surface area (Å²) in [6, 6.07) is 0.00744. The van der Waals surface area contributed by atoms with Crippen LogP contribution in [0.5, 0.6) is 0 Å². The summed E-state index contributed by atoms with van der Waals surface area (Å²) in [6.45, 7) is 1.74. The molecule has 0 aromatic heterocycles. The van der Waals surface area contributed by atoms with Gasteiger partial charge >= 0.3 is 0 Å². The third-order valence-electron chi connectivity index (χ3n) is 4.06. The third kappa shape index (κ3) is 2.95. The topological polar surface area (TPSA) is 44.4 Å². The maximum absolute atomic E-state index is 12.0. The molecule has 1 aliphatic heterocycles. The molecular formula is C12H23N3OS. The minimum atomic E-state index is 0.00744. The Morgan fingerprint density at radius 3 is 2.76 bits per heavy atom. The van der Waals surface area contributed by atoms with E-state index in [1.165, 1.54) is 19.3 Å². The van der Waals surface area contributed by atoms with E-state index < -0.39 is 0 Å². The Balaban J connectivity index is 1.78. The molecular weight excluding hydrogens is 234 g/mol. The molecule has 0 spiro atoms. The number of carbonyl (C=O) groups excluding carboxylic acids is 1. The van der Waals surface area contributed by atoms with Crippen molar-refractivity contribution >= 4 is 17.7 Å². The second-order valence-electron chi connectivity index (χ2n) is 5.27. The van der Waals surface area contributed by atoms with Crippen LogP contribution in [0.4, 0.5) is 0 Å². The van der Waals surface area contributed by atoms with Gasteiger partial charge in [0.05, 0.1) is 6.04 Å². The van der Waals surface area contributed by atoms with Crippen molar-refractivity contribution in [3.63, 3.8) is 0 Å². The standard InChI is InChI=1S/C12H23N3OS/c1-15(2)12(4-3-5-12)9-14-11(16)10-8-17-7-6-13-10/h10,13H,3-9H2,1-2H3,(H,14,16). The number of nitrogens with one attached hydrogen (secondary N) is 2. The molecule has 2 aliphatic rings. The molecule has 1 saturated carbocycles. The molecule has 5 heteroatoms. The number of hydrogen-bond acceptors (Lipinski definition) is 4. The molecule has 0 aromatic rings. The van der Waals surface area contributed by atoms with Gasteiger partial charge in [-0.2, -0.15) is 11.8 Å². The third-order valence-corrected chi connectivity index (χ3v) is 5.12. The lowest BCUT2D eigenvalue weighted by atomic mass is 9.75. The summed E-state index contributed by atoms with van der Waals surface area (Å²) < 4.78 is 0. The van der Waals surface area contributed by atoms with E-state index in [4.69, 9.17) is 0 Å². The van der Waals surface area contributed by atoms with Crippen LogP contribution in [0, 0.1) is 0 Å². The van der Waals surface area contributed by atoms with Crippen LogP contribution in [0.25, 0.3) is 0 Å². The first-order chi connectivity index (χ1) is 8.14. The van der Waals surface area contributed by atoms with Crippen LogP contribution in [0.1, 0.15) is 19.3 Å². The second kappa shape index (κ2) is 5.59. The van der Waals surface area contributed by atoms with E-state index >= 15 is 0 Å². The molecule has 1 aliphatic carbocycles. The number of thioether (sulfide) groups is 1. The van der Waals surface area contributed by atoms with E-state index in [-0.39, 0.29) is 17.5 Å². The van der Waals surface area contributed by atoms with Gasteiger partial charge < -0.3 is 15.5 Å². The first kappa shape index (κ1) is 13.2. The molecule has 2 N–H and O–H groups in total. The number of hydrogen-bond donors (Lipinski definition) is 2. The molecule has 1 heterocycles. The van der Waals surface area contributed by atoms with Gasteiger partial charge in [-0.15, -0.1) is 0 Å². The molecule has 0 bridgehead atoms. The zero-order valence-electron chi connectivity index (χ0n) is 10.8. The maximum Gasteiger partial charge on any atom is 0.238 e. The zero-order chi connectivity index (χ0) is 12.3. The predicted octanol–water partition coefficient (Wildman–Crippen LogP) is 0.292. The minimum Gasteiger partial charge on any atom is -0.353 e. The minimum absolute atomic E-state index is 0.00744. The summed E-state index contributed by atoms with van der Waals surface area (Å²) in [6.07, 6.45) is 3.69. The monoisotopic (exact) mass is 257 g/mol. The summed E-state index contributed by atoms with van der Waals surface area (Å²) in [7, 11) is 4.22. The Hall–Kier alpha value is -0.260. The first-order valence-corrected chi connectivity index (χ1v) is 7.56. The van der Waals surface area contributed by atoms with Gasteiger partial charge in [0.2, 0.25) is 5.91 Å². The highest BCUT2D eigenvalue weighted by Gasteiger charge is 2.39. The smallest absolute Gasteiger partial charge is 0.238 e. The van der Waals surface area contributed by atoms with Gasteiger partial charge in [0.15, 0.2) is 0 Å². The molecule has 0 radical (unpaired) electrons. The lowest BCUT2D eigenvalue weighted by Crippen LogP contribution is -2.59. The van der Waals surface area contributed by atoms with Crippen molar-refractivity contribution in [2.45, 2.75) is 30.8 Å². The van der Waals surface area contributed by atoms with Gasteiger partial charge in [0.25, 0.3) is 0 Å². The van der Waals surface area contributed by atoms with E-state index in [9.17, 15) is 4.79 Å². The fraction of sp³-hybridized carbons (Fsp3) is 0.917. The number of likely N-dealkylation sites (N-methyl/N-ethyl adjacent to an activating group) is 1. The lowest BCUT2D eigenvalue weighted by Gasteiger charge is -2.47. The zero-order valence-corrected chi connectivity index (χ0v) is 11.6. The molecule has 1 saturated heterocycles. The molecule has 0 aromatic carbocycles. The molecule has 2 fully saturated rings. The maximum atomic E-state index is 12.0. The van der Waals surface area contributed by atoms with E-state index in [1.807, 2.05) is 11.8 Å². The first-order valence-electron chi connectivity index (χ1n) is 6.40. The average molecular weight is 257 g/mol. The van der Waals surface area contributed by atoms with E-state index in [0.29, 0.717) is 0 Å². The molecule has 4 nitrogen and oxygen atoms in total. The lowest BCUT2D eigenvalue weighted by molar-refractivity contribution is -0.123. The fourth-order valence-electron chi connectivity index (χ4n) is 2.48. The van der Waals surface area contributed by atoms with Crippen LogP contribution in [-0.4, -0.2) is 61.1 Å². The summed E-state index contributed by atoms with van der Waals surface area (Å²) in [4.78, 5) is 14.3. The number of carbonyl (C=O) groups is 1. The molecule has 1 unspecified atom stereocenters. The highest BCUT2D eigenvalue weighted by atomic mass is 32.2. The molecule has 98 valence electrons. The van der Waals surface area contributed by atoms with Crippen molar-refractivity contribution in [1.29, 1.82) is 0 Å². The van der Waals surface area contributed by atoms with Crippen molar-refractivity contribution in [2.75, 3.05) is 38.7 Å². The number of rotatable bonds is 4. The Bertz CT molecular complexity index is 273. The highest BCUT2D eigenvalue weighted by Crippen LogP contribution is 2.35. The number of nitrogens with zero attached hydrogens (tertiary/aromatic N) is 1. The summed E-state index contributed by atoms with van der Waals surface area (Å²) >= 11 is 1.86. The SMILES string of the molecule is CN(C)C1(CNC(=O)C2CSCCN2)CCC1. The van der Waals surface area contributed by atoms with Crippen molar-refractivity contribution < 1.29 is 4.79 Å². The number of amides is 1. The summed E-state index contributed by atoms with van der Waals surface area (Å²) in [5, 5.41) is 6.39. The van der Waals surface area contributed by atoms with Crippen LogP contribution < -0.4 is 10.6 Å². The Morgan fingerprint density at radius 1 is 1.53 bits per heavy atom. The van der Waals surface area contributed by atoms with Crippen LogP contribution in [0.3, 0.4) is 0 Å². The van der Waals surface area contributed by atoms with Crippen LogP contribution >= 0.6 is 11.8 Å². The Morgan fingerprint density at radius 2 is 2.29 bits per heavy atom. The van der Waals surface area contributed by atoms with Crippen LogP contribution in [0.2, 0.25) is 0 Å². The Kier molecular flexibility index (Phi) is 4.33. The largest absolute Gasteiger partial charge is 0.353 e. The molecule has 1 atom stereocenters. The average Bonchev–Trinajstić information content (AvgIpc) is 2.28. The second-order valence-corrected chi connectivity index (χ2v) is 6.42. The molecule has 1 amide bonds. The van der Waals surface area contributed by atoms with Gasteiger partial charge in [-0.05, 0) is 33.4 Å². The van der Waals surface area contributed by atoms with Gasteiger partial charge in [-0.25, -0.2) is 0 Å². The van der Waals surface area contributed by atoms with Gasteiger partial charge in [0, 0.05) is 30.1 Å². The summed E-state index contributed by atoms with van der Waals surface area (Å²) in [5.41, 5.74) is 0.220. The van der Waals surface area contributed by atoms with Crippen LogP contribution in [0.15, 0.2) is 0 Å². The quantitative estimate of drug-likeness (QED) is 0.760. The predicted molar refractivity (Wildman–Crippen MR) is 72.4 cm³/mol. The van der Waals surface area contributed by atoms with Crippen molar-refractivity contribution in [2.24, 2.45) is 0 Å². The Labute approximate surface area is 108 Å². The van der Waals surface area contributed by atoms with E-state index in [1.54, 1.807) is 0 Å². The van der Waals surface area contributed by atoms with E-state index in [2.05, 4.69) is 29.6 Å². The van der Waals surface area contributed by atoms with Crippen molar-refractivity contribution in [1.82, 2.24) is 15.5 Å². The van der Waals surface area contributed by atoms with Gasteiger partial charge in [-0.3, -0.25) is 4.79 Å². The normalized spacial score (nSPS) is 27.6. The highest BCUT2D eigenvalue weighted by molar-refractivity contribution is 7.99. The van der Waals surface area contributed by atoms with E-state index in [0.717, 1.165) is 24.6 Å². The van der Waals surface area contributed by atoms with Gasteiger partial charge in [-0.1, -0.05) is 0 Å². The van der Waals surface area contributed by atoms with Crippen molar-refractivity contribution in [3.8, 4) is 0 Å². The van der Waals surface area contributed by atoms with Gasteiger partial charge in [0.1, 0.15) is 0 Å².